The van der Waals surface area contributed by atoms with E-state index in [0.29, 0.717) is 12.0 Å². The minimum atomic E-state index is -0.725. The van der Waals surface area contributed by atoms with Crippen molar-refractivity contribution in [3.05, 3.63) is 29.8 Å². The van der Waals surface area contributed by atoms with Crippen LogP contribution in [0.25, 0.3) is 0 Å². The van der Waals surface area contributed by atoms with E-state index >= 15 is 0 Å². The molecule has 4 fully saturated rings. The number of benzene rings is 1. The van der Waals surface area contributed by atoms with Crippen LogP contribution in [0.2, 0.25) is 0 Å². The molecule has 1 aromatic carbocycles. The average Bonchev–Trinajstić information content (AvgIpc) is 3.57. The molecule has 0 radical (unpaired) electrons. The minimum absolute atomic E-state index is 0.0117. The predicted octanol–water partition coefficient (Wildman–Crippen LogP) is 1.31. The number of methoxy groups -OCH3 is 1. The molecule has 4 aliphatic rings. The Morgan fingerprint density at radius 2 is 1.81 bits per heavy atom. The standard InChI is InChI=1S/C27H38N4O5/c1-17(2)14-21(27(34)31-15-23(35-3)25-24(31)22(32)16-36-25)28-26(33)18-4-6-19(7-5-18)29-10-12-30(13-11-29)20-8-9-20/h4-7,17,20-21,23-25H,8-16H2,1-3H3,(H,28,33)/t21-,23-,24+,25+/m0/s1. The number of piperazine rings is 1. The van der Waals surface area contributed by atoms with Gasteiger partial charge in [0.15, 0.2) is 5.78 Å². The van der Waals surface area contributed by atoms with Gasteiger partial charge in [-0.05, 0) is 49.4 Å². The fraction of sp³-hybridized carbons (Fsp3) is 0.667. The monoisotopic (exact) mass is 498 g/mol. The molecule has 0 aromatic heterocycles. The van der Waals surface area contributed by atoms with Crippen molar-refractivity contribution in [2.45, 2.75) is 63.4 Å². The summed E-state index contributed by atoms with van der Waals surface area (Å²) in [6, 6.07) is 7.07. The molecule has 0 bridgehead atoms. The zero-order valence-corrected chi connectivity index (χ0v) is 21.5. The molecule has 0 unspecified atom stereocenters. The summed E-state index contributed by atoms with van der Waals surface area (Å²) in [4.78, 5) is 45.7. The molecule has 1 aliphatic carbocycles. The quantitative estimate of drug-likeness (QED) is 0.578. The summed E-state index contributed by atoms with van der Waals surface area (Å²) in [5.41, 5.74) is 1.64. The average molecular weight is 499 g/mol. The van der Waals surface area contributed by atoms with E-state index in [2.05, 4.69) is 15.1 Å². The van der Waals surface area contributed by atoms with Gasteiger partial charge in [-0.15, -0.1) is 0 Å². The number of amides is 2. The van der Waals surface area contributed by atoms with Gasteiger partial charge in [0.25, 0.3) is 5.91 Å². The minimum Gasteiger partial charge on any atom is -0.377 e. The van der Waals surface area contributed by atoms with Crippen molar-refractivity contribution in [2.24, 2.45) is 5.92 Å². The van der Waals surface area contributed by atoms with E-state index in [1.54, 1.807) is 12.0 Å². The number of likely N-dealkylation sites (tertiary alicyclic amines) is 1. The van der Waals surface area contributed by atoms with Crippen molar-refractivity contribution in [3.8, 4) is 0 Å². The van der Waals surface area contributed by atoms with Crippen molar-refractivity contribution < 1.29 is 23.9 Å². The number of anilines is 1. The lowest BCUT2D eigenvalue weighted by Gasteiger charge is -2.36. The van der Waals surface area contributed by atoms with E-state index < -0.39 is 18.2 Å². The van der Waals surface area contributed by atoms with Crippen LogP contribution in [-0.2, 0) is 19.1 Å². The Hall–Kier alpha value is -2.49. The van der Waals surface area contributed by atoms with E-state index in [9.17, 15) is 14.4 Å². The van der Waals surface area contributed by atoms with Gasteiger partial charge in [-0.3, -0.25) is 19.3 Å². The maximum atomic E-state index is 13.6. The van der Waals surface area contributed by atoms with Crippen LogP contribution >= 0.6 is 0 Å². The Balaban J connectivity index is 1.23. The molecule has 1 aromatic rings. The maximum Gasteiger partial charge on any atom is 0.251 e. The number of hydrogen-bond donors (Lipinski definition) is 1. The molecule has 5 rings (SSSR count). The molecule has 1 saturated carbocycles. The second-order valence-corrected chi connectivity index (χ2v) is 10.9. The summed E-state index contributed by atoms with van der Waals surface area (Å²) in [5, 5.41) is 2.95. The van der Waals surface area contributed by atoms with Gasteiger partial charge in [0.1, 0.15) is 30.9 Å². The molecule has 3 saturated heterocycles. The van der Waals surface area contributed by atoms with Crippen LogP contribution < -0.4 is 10.2 Å². The van der Waals surface area contributed by atoms with Crippen molar-refractivity contribution in [2.75, 3.05) is 51.3 Å². The Morgan fingerprint density at radius 3 is 2.42 bits per heavy atom. The van der Waals surface area contributed by atoms with E-state index in [-0.39, 0.29) is 42.8 Å². The third-order valence-electron chi connectivity index (χ3n) is 7.91. The van der Waals surface area contributed by atoms with E-state index in [1.807, 2.05) is 38.1 Å². The summed E-state index contributed by atoms with van der Waals surface area (Å²) < 4.78 is 11.1. The van der Waals surface area contributed by atoms with Crippen LogP contribution in [0.3, 0.4) is 0 Å². The normalized spacial score (nSPS) is 27.4. The molecule has 9 nitrogen and oxygen atoms in total. The Kier molecular flexibility index (Phi) is 7.32. The molecule has 9 heteroatoms. The molecule has 4 atom stereocenters. The number of hydrogen-bond acceptors (Lipinski definition) is 7. The Bertz CT molecular complexity index is 971. The second kappa shape index (κ2) is 10.5. The van der Waals surface area contributed by atoms with E-state index in [1.165, 1.54) is 12.8 Å². The first-order valence-corrected chi connectivity index (χ1v) is 13.2. The smallest absolute Gasteiger partial charge is 0.251 e. The topological polar surface area (TPSA) is 91.4 Å². The van der Waals surface area contributed by atoms with Crippen LogP contribution in [0.15, 0.2) is 24.3 Å². The van der Waals surface area contributed by atoms with Gasteiger partial charge in [0.05, 0.1) is 6.54 Å². The highest BCUT2D eigenvalue weighted by molar-refractivity contribution is 5.99. The first-order valence-electron chi connectivity index (χ1n) is 13.2. The highest BCUT2D eigenvalue weighted by atomic mass is 16.5. The molecular weight excluding hydrogens is 460 g/mol. The fourth-order valence-electron chi connectivity index (χ4n) is 5.79. The number of carbonyl (C=O) groups excluding carboxylic acids is 3. The van der Waals surface area contributed by atoms with Gasteiger partial charge in [0.2, 0.25) is 5.91 Å². The van der Waals surface area contributed by atoms with Crippen LogP contribution in [0.4, 0.5) is 5.69 Å². The van der Waals surface area contributed by atoms with Gasteiger partial charge < -0.3 is 24.6 Å². The number of Topliss-reactive ketones (excluding diaryl/α,β-unsaturated/α-hetero) is 1. The number of fused-ring (bicyclic) bond motifs is 1. The zero-order valence-electron chi connectivity index (χ0n) is 21.5. The van der Waals surface area contributed by atoms with Crippen LogP contribution in [0.5, 0.6) is 0 Å². The molecular formula is C27H38N4O5. The van der Waals surface area contributed by atoms with E-state index in [4.69, 9.17) is 9.47 Å². The first-order chi connectivity index (χ1) is 17.4. The van der Waals surface area contributed by atoms with Crippen LogP contribution in [0.1, 0.15) is 43.5 Å². The number of nitrogens with one attached hydrogen (secondary N) is 1. The first kappa shape index (κ1) is 25.2. The Morgan fingerprint density at radius 1 is 1.11 bits per heavy atom. The third-order valence-corrected chi connectivity index (χ3v) is 7.91. The summed E-state index contributed by atoms with van der Waals surface area (Å²) in [6.45, 7) is 8.46. The van der Waals surface area contributed by atoms with Gasteiger partial charge in [0, 0.05) is 50.6 Å². The highest BCUT2D eigenvalue weighted by Gasteiger charge is 2.53. The summed E-state index contributed by atoms with van der Waals surface area (Å²) in [5.74, 6) is -0.470. The summed E-state index contributed by atoms with van der Waals surface area (Å²) in [7, 11) is 1.56. The third kappa shape index (κ3) is 5.14. The summed E-state index contributed by atoms with van der Waals surface area (Å²) in [6.07, 6.45) is 2.36. The molecule has 2 amide bonds. The lowest BCUT2D eigenvalue weighted by molar-refractivity contribution is -0.138. The van der Waals surface area contributed by atoms with Crippen LogP contribution in [-0.4, -0.2) is 104 Å². The van der Waals surface area contributed by atoms with Gasteiger partial charge in [-0.25, -0.2) is 0 Å². The fourth-order valence-corrected chi connectivity index (χ4v) is 5.79. The molecule has 36 heavy (non-hydrogen) atoms. The van der Waals surface area contributed by atoms with Crippen molar-refractivity contribution in [1.82, 2.24) is 15.1 Å². The maximum absolute atomic E-state index is 13.6. The highest BCUT2D eigenvalue weighted by Crippen LogP contribution is 2.31. The second-order valence-electron chi connectivity index (χ2n) is 10.9. The van der Waals surface area contributed by atoms with Crippen molar-refractivity contribution >= 4 is 23.3 Å². The number of rotatable bonds is 8. The van der Waals surface area contributed by atoms with Gasteiger partial charge in [-0.2, -0.15) is 0 Å². The van der Waals surface area contributed by atoms with Crippen molar-refractivity contribution in [3.63, 3.8) is 0 Å². The Labute approximate surface area is 213 Å². The molecule has 3 heterocycles. The number of ketones is 1. The number of ether oxygens (including phenoxy) is 2. The number of nitrogens with zero attached hydrogens (tertiary/aromatic N) is 3. The zero-order chi connectivity index (χ0) is 25.4. The molecule has 1 N–H and O–H groups in total. The number of carbonyl (C=O) groups is 3. The molecule has 0 spiro atoms. The van der Waals surface area contributed by atoms with E-state index in [0.717, 1.165) is 37.9 Å². The molecule has 196 valence electrons. The lowest BCUT2D eigenvalue weighted by Crippen LogP contribution is -2.52. The van der Waals surface area contributed by atoms with Crippen molar-refractivity contribution in [1.29, 1.82) is 0 Å². The van der Waals surface area contributed by atoms with Gasteiger partial charge >= 0.3 is 0 Å². The SMILES string of the molecule is CO[C@H]1CN(C(=O)[C@H](CC(C)C)NC(=O)c2ccc(N3CCN(C4CC4)CC3)cc2)[C@@H]2C(=O)CO[C@H]12. The van der Waals surface area contributed by atoms with Gasteiger partial charge in [-0.1, -0.05) is 13.8 Å². The lowest BCUT2D eigenvalue weighted by atomic mass is 10.0. The van der Waals surface area contributed by atoms with Crippen LogP contribution in [0, 0.1) is 5.92 Å². The predicted molar refractivity (Wildman–Crippen MR) is 135 cm³/mol. The molecule has 3 aliphatic heterocycles. The summed E-state index contributed by atoms with van der Waals surface area (Å²) >= 11 is 0. The largest absolute Gasteiger partial charge is 0.377 e.